The van der Waals surface area contributed by atoms with Gasteiger partial charge in [0.25, 0.3) is 11.8 Å². The van der Waals surface area contributed by atoms with Crippen molar-refractivity contribution in [2.45, 2.75) is 70.4 Å². The maximum absolute atomic E-state index is 13.4. The third kappa shape index (κ3) is 7.98. The highest BCUT2D eigenvalue weighted by atomic mass is 16.5. The average molecular weight is 594 g/mol. The van der Waals surface area contributed by atoms with Crippen molar-refractivity contribution < 1.29 is 38.6 Å². The van der Waals surface area contributed by atoms with Crippen LogP contribution in [-0.2, 0) is 19.1 Å². The lowest BCUT2D eigenvalue weighted by molar-refractivity contribution is -0.146. The topological polar surface area (TPSA) is 143 Å². The van der Waals surface area contributed by atoms with E-state index in [0.29, 0.717) is 35.5 Å². The zero-order chi connectivity index (χ0) is 30.8. The summed E-state index contributed by atoms with van der Waals surface area (Å²) in [4.78, 5) is 65.1. The number of para-hydroxylation sites is 2. The number of carbonyl (C=O) groups is 5. The Morgan fingerprint density at radius 2 is 1.51 bits per heavy atom. The largest absolute Gasteiger partial charge is 0.489 e. The number of nitrogens with one attached hydrogen (secondary N) is 1. The molecule has 0 aliphatic carbocycles. The van der Waals surface area contributed by atoms with Gasteiger partial charge in [-0.05, 0) is 44.0 Å². The van der Waals surface area contributed by atoms with Crippen LogP contribution in [0.15, 0.2) is 48.5 Å². The van der Waals surface area contributed by atoms with Crippen molar-refractivity contribution in [3.63, 3.8) is 0 Å². The average Bonchev–Trinajstić information content (AvgIpc) is 3.16. The quantitative estimate of drug-likeness (QED) is 0.169. The van der Waals surface area contributed by atoms with Crippen LogP contribution < -0.4 is 15.0 Å². The van der Waals surface area contributed by atoms with Crippen LogP contribution >= 0.6 is 0 Å². The van der Waals surface area contributed by atoms with Crippen molar-refractivity contribution in [2.75, 3.05) is 31.2 Å². The second kappa shape index (κ2) is 15.3. The van der Waals surface area contributed by atoms with Gasteiger partial charge in [0.05, 0.1) is 23.4 Å². The number of unbranched alkanes of at least 4 members (excludes halogenated alkanes) is 6. The minimum Gasteiger partial charge on any atom is -0.489 e. The van der Waals surface area contributed by atoms with Gasteiger partial charge in [-0.3, -0.25) is 39.1 Å². The number of carboxylic acids is 1. The molecule has 0 saturated carbocycles. The van der Waals surface area contributed by atoms with E-state index in [9.17, 15) is 29.1 Å². The number of benzene rings is 2. The summed E-state index contributed by atoms with van der Waals surface area (Å²) >= 11 is 0. The molecule has 0 fully saturated rings. The van der Waals surface area contributed by atoms with Crippen LogP contribution in [0.1, 0.15) is 79.0 Å². The van der Waals surface area contributed by atoms with E-state index in [1.807, 2.05) is 0 Å². The van der Waals surface area contributed by atoms with Crippen molar-refractivity contribution in [3.8, 4) is 5.75 Å². The summed E-state index contributed by atoms with van der Waals surface area (Å²) in [6.07, 6.45) is 6.62. The molecule has 1 unspecified atom stereocenters. The highest BCUT2D eigenvalue weighted by molar-refractivity contribution is 6.21. The van der Waals surface area contributed by atoms with Crippen molar-refractivity contribution in [3.05, 3.63) is 59.7 Å². The Morgan fingerprint density at radius 3 is 2.16 bits per heavy atom. The monoisotopic (exact) mass is 593 g/mol. The van der Waals surface area contributed by atoms with E-state index < -0.39 is 36.5 Å². The van der Waals surface area contributed by atoms with Crippen LogP contribution in [0.2, 0.25) is 0 Å². The van der Waals surface area contributed by atoms with Crippen molar-refractivity contribution >= 4 is 35.3 Å². The molecule has 4 rings (SSSR count). The van der Waals surface area contributed by atoms with Gasteiger partial charge in [-0.25, -0.2) is 0 Å². The molecule has 2 aromatic rings. The number of hydrogen-bond acceptors (Lipinski definition) is 8. The maximum atomic E-state index is 13.4. The summed E-state index contributed by atoms with van der Waals surface area (Å²) in [6.45, 7) is 1.75. The molecule has 2 atom stereocenters. The molecule has 0 spiro atoms. The second-order valence-electron chi connectivity index (χ2n) is 10.7. The molecule has 2 heterocycles. The molecule has 11 heteroatoms. The molecule has 2 aromatic carbocycles. The van der Waals surface area contributed by atoms with Crippen LogP contribution in [-0.4, -0.2) is 78.1 Å². The minimum absolute atomic E-state index is 0.0530. The zero-order valence-corrected chi connectivity index (χ0v) is 24.5. The number of anilines is 1. The molecule has 0 aromatic heterocycles. The Balaban J connectivity index is 1.20. The van der Waals surface area contributed by atoms with E-state index in [-0.39, 0.29) is 25.0 Å². The summed E-state index contributed by atoms with van der Waals surface area (Å²) in [7, 11) is 0. The van der Waals surface area contributed by atoms with Gasteiger partial charge < -0.3 is 14.6 Å². The summed E-state index contributed by atoms with van der Waals surface area (Å²) in [5, 5.41) is 12.5. The number of nitrogens with zero attached hydrogens (tertiary/aromatic N) is 2. The first-order valence-electron chi connectivity index (χ1n) is 14.9. The lowest BCUT2D eigenvalue weighted by Gasteiger charge is -2.26. The Hall–Kier alpha value is -4.25. The van der Waals surface area contributed by atoms with E-state index in [0.717, 1.165) is 44.9 Å². The number of esters is 1. The Kier molecular flexibility index (Phi) is 11.3. The summed E-state index contributed by atoms with van der Waals surface area (Å²) in [5.74, 6) is -2.15. The van der Waals surface area contributed by atoms with Gasteiger partial charge in [0.1, 0.15) is 31.0 Å². The van der Waals surface area contributed by atoms with Crippen LogP contribution in [0.25, 0.3) is 0 Å². The van der Waals surface area contributed by atoms with E-state index in [1.165, 1.54) is 9.80 Å². The molecule has 3 amide bonds. The first-order chi connectivity index (χ1) is 20.8. The van der Waals surface area contributed by atoms with Crippen molar-refractivity contribution in [1.82, 2.24) is 10.2 Å². The lowest BCUT2D eigenvalue weighted by Crippen LogP contribution is -2.54. The van der Waals surface area contributed by atoms with Gasteiger partial charge in [0, 0.05) is 6.54 Å². The maximum Gasteiger partial charge on any atom is 0.323 e. The Morgan fingerprint density at radius 1 is 0.907 bits per heavy atom. The van der Waals surface area contributed by atoms with Gasteiger partial charge in [-0.15, -0.1) is 0 Å². The first kappa shape index (κ1) is 31.7. The van der Waals surface area contributed by atoms with E-state index in [4.69, 9.17) is 9.47 Å². The molecule has 2 aliphatic heterocycles. The van der Waals surface area contributed by atoms with Crippen LogP contribution in [0, 0.1) is 0 Å². The number of carbonyl (C=O) groups excluding carboxylic acids is 4. The third-order valence-electron chi connectivity index (χ3n) is 7.65. The summed E-state index contributed by atoms with van der Waals surface area (Å²) in [6, 6.07) is 12.0. The highest BCUT2D eigenvalue weighted by Crippen LogP contribution is 2.31. The number of fused-ring (bicyclic) bond motifs is 2. The predicted molar refractivity (Wildman–Crippen MR) is 158 cm³/mol. The van der Waals surface area contributed by atoms with Gasteiger partial charge in [-0.2, -0.15) is 0 Å². The summed E-state index contributed by atoms with van der Waals surface area (Å²) < 4.78 is 11.1. The third-order valence-corrected chi connectivity index (χ3v) is 7.65. The van der Waals surface area contributed by atoms with Crippen molar-refractivity contribution in [1.29, 1.82) is 0 Å². The van der Waals surface area contributed by atoms with Gasteiger partial charge >= 0.3 is 11.9 Å². The van der Waals surface area contributed by atoms with Crippen molar-refractivity contribution in [2.24, 2.45) is 0 Å². The van der Waals surface area contributed by atoms with E-state index in [2.05, 4.69) is 5.32 Å². The van der Waals surface area contributed by atoms with Gasteiger partial charge in [-0.1, -0.05) is 62.8 Å². The Labute approximate surface area is 251 Å². The number of amides is 3. The molecule has 2 N–H and O–H groups in total. The lowest BCUT2D eigenvalue weighted by atomic mass is 10.0. The number of rotatable bonds is 16. The fourth-order valence-corrected chi connectivity index (χ4v) is 5.47. The number of ether oxygens (including phenoxy) is 2. The fraction of sp³-hybridized carbons (Fsp3) is 0.469. The second-order valence-corrected chi connectivity index (χ2v) is 10.7. The molecule has 0 radical (unpaired) electrons. The molecular formula is C32H39N3O8. The standard InChI is InChI=1S/C32H39N3O8/c1-2-42-32(41)24(33-25-21-43-27-18-12-11-17-26(27)35(31(25)40)20-28(36)37)16-8-6-4-3-5-7-13-19-34-29(38)22-14-9-10-15-23(22)30(34)39/h9-12,14-15,17-18,24-25,33H,2-8,13,16,19-21H2,1H3,(H,36,37)/t24?,25-/m0/s1. The SMILES string of the molecule is CCOC(=O)C(CCCCCCCCCN1C(=O)c2ccccc2C1=O)N[C@H]1COc2ccccc2N(CC(=O)O)C1=O. The van der Waals surface area contributed by atoms with Gasteiger partial charge in [0.2, 0.25) is 5.91 Å². The first-order valence-corrected chi connectivity index (χ1v) is 14.9. The molecule has 0 bridgehead atoms. The predicted octanol–water partition coefficient (Wildman–Crippen LogP) is 3.80. The zero-order valence-electron chi connectivity index (χ0n) is 24.5. The molecule has 43 heavy (non-hydrogen) atoms. The van der Waals surface area contributed by atoms with Gasteiger partial charge in [0.15, 0.2) is 0 Å². The normalized spacial score (nSPS) is 16.8. The fourth-order valence-electron chi connectivity index (χ4n) is 5.47. The van der Waals surface area contributed by atoms with E-state index >= 15 is 0 Å². The number of hydrogen-bond donors (Lipinski definition) is 2. The Bertz CT molecular complexity index is 1290. The number of carboxylic acid groups (broad SMARTS) is 1. The van der Waals surface area contributed by atoms with Crippen LogP contribution in [0.3, 0.4) is 0 Å². The van der Waals surface area contributed by atoms with Crippen LogP contribution in [0.5, 0.6) is 5.75 Å². The molecule has 0 saturated heterocycles. The molecule has 11 nitrogen and oxygen atoms in total. The number of aliphatic carboxylic acids is 1. The highest BCUT2D eigenvalue weighted by Gasteiger charge is 2.36. The molecule has 230 valence electrons. The van der Waals surface area contributed by atoms with Crippen LogP contribution in [0.4, 0.5) is 5.69 Å². The number of imide groups is 1. The minimum atomic E-state index is -1.16. The smallest absolute Gasteiger partial charge is 0.323 e. The van der Waals surface area contributed by atoms with E-state index in [1.54, 1.807) is 55.5 Å². The molecule has 2 aliphatic rings. The summed E-state index contributed by atoms with van der Waals surface area (Å²) in [5.41, 5.74) is 1.32. The molecular weight excluding hydrogens is 554 g/mol.